The molecule has 0 aliphatic carbocycles. The molecular formula is C13H10N4. The van der Waals surface area contributed by atoms with Crippen molar-refractivity contribution >= 4 is 27.8 Å². The fraction of sp³-hybridized carbons (Fsp3) is 0.0769. The minimum Gasteiger partial charge on any atom is -0.382 e. The van der Waals surface area contributed by atoms with Gasteiger partial charge in [0, 0.05) is 5.39 Å². The second-order valence-corrected chi connectivity index (χ2v) is 3.79. The van der Waals surface area contributed by atoms with Crippen molar-refractivity contribution in [1.82, 2.24) is 14.5 Å². The van der Waals surface area contributed by atoms with Gasteiger partial charge in [0.1, 0.15) is 5.52 Å². The van der Waals surface area contributed by atoms with E-state index in [4.69, 9.17) is 12.2 Å². The molecule has 0 spiro atoms. The minimum absolute atomic E-state index is 0.439. The lowest BCUT2D eigenvalue weighted by Gasteiger charge is -2.04. The first kappa shape index (κ1) is 9.67. The Bertz CT molecular complexity index is 749. The Hall–Kier alpha value is -2.54. The van der Waals surface area contributed by atoms with Crippen LogP contribution in [0.5, 0.6) is 0 Å². The zero-order valence-corrected chi connectivity index (χ0v) is 9.09. The first-order chi connectivity index (χ1) is 8.31. The van der Waals surface area contributed by atoms with E-state index >= 15 is 0 Å². The zero-order valence-electron chi connectivity index (χ0n) is 9.09. The Balaban J connectivity index is 2.52. The molecule has 2 aromatic heterocycles. The van der Waals surface area contributed by atoms with E-state index in [9.17, 15) is 0 Å². The molecule has 4 nitrogen and oxygen atoms in total. The number of benzene rings is 1. The predicted octanol–water partition coefficient (Wildman–Crippen LogP) is 1.80. The van der Waals surface area contributed by atoms with Crippen molar-refractivity contribution in [3.8, 4) is 12.3 Å². The molecule has 0 saturated carbocycles. The van der Waals surface area contributed by atoms with Gasteiger partial charge in [-0.3, -0.25) is 0 Å². The average Bonchev–Trinajstić information content (AvgIpc) is 2.75. The topological polar surface area (TPSA) is 56.7 Å². The number of rotatable bonds is 1. The standard InChI is InChI=1S/C13H10N4/c1-2-7-17-8-15-11-12(17)9-5-3-4-6-10(9)16-13(11)14/h1,3-6,8H,7H2,(H2,14,16). The summed E-state index contributed by atoms with van der Waals surface area (Å²) < 4.78 is 1.91. The Morgan fingerprint density at radius 1 is 1.35 bits per heavy atom. The number of terminal acetylenes is 1. The largest absolute Gasteiger partial charge is 0.382 e. The van der Waals surface area contributed by atoms with Crippen LogP contribution in [0.3, 0.4) is 0 Å². The number of hydrogen-bond acceptors (Lipinski definition) is 3. The monoisotopic (exact) mass is 222 g/mol. The van der Waals surface area contributed by atoms with Gasteiger partial charge in [0.05, 0.1) is 23.9 Å². The average molecular weight is 222 g/mol. The van der Waals surface area contributed by atoms with Crippen molar-refractivity contribution < 1.29 is 0 Å². The Morgan fingerprint density at radius 3 is 3.00 bits per heavy atom. The summed E-state index contributed by atoms with van der Waals surface area (Å²) in [6.07, 6.45) is 7.05. The summed E-state index contributed by atoms with van der Waals surface area (Å²) in [4.78, 5) is 8.59. The predicted molar refractivity (Wildman–Crippen MR) is 68.3 cm³/mol. The number of imidazole rings is 1. The van der Waals surface area contributed by atoms with Gasteiger partial charge in [-0.15, -0.1) is 6.42 Å². The van der Waals surface area contributed by atoms with Crippen LogP contribution in [0, 0.1) is 12.3 Å². The van der Waals surface area contributed by atoms with Crippen LogP contribution in [0.15, 0.2) is 30.6 Å². The lowest BCUT2D eigenvalue weighted by Crippen LogP contribution is -1.97. The Labute approximate surface area is 98.1 Å². The first-order valence-electron chi connectivity index (χ1n) is 5.24. The smallest absolute Gasteiger partial charge is 0.152 e. The summed E-state index contributed by atoms with van der Waals surface area (Å²) in [5.74, 6) is 3.05. The van der Waals surface area contributed by atoms with Crippen molar-refractivity contribution in [2.45, 2.75) is 6.54 Å². The molecule has 0 aliphatic heterocycles. The molecule has 0 unspecified atom stereocenters. The van der Waals surface area contributed by atoms with E-state index in [2.05, 4.69) is 15.9 Å². The van der Waals surface area contributed by atoms with Crippen molar-refractivity contribution in [3.63, 3.8) is 0 Å². The van der Waals surface area contributed by atoms with E-state index < -0.39 is 0 Å². The highest BCUT2D eigenvalue weighted by molar-refractivity contribution is 6.06. The van der Waals surface area contributed by atoms with Gasteiger partial charge >= 0.3 is 0 Å². The third kappa shape index (κ3) is 1.33. The van der Waals surface area contributed by atoms with Crippen LogP contribution in [-0.2, 0) is 6.54 Å². The van der Waals surface area contributed by atoms with Gasteiger partial charge in [0.25, 0.3) is 0 Å². The Kier molecular flexibility index (Phi) is 1.99. The van der Waals surface area contributed by atoms with Crippen LogP contribution in [0.2, 0.25) is 0 Å². The third-order valence-corrected chi connectivity index (χ3v) is 2.74. The minimum atomic E-state index is 0.439. The molecule has 2 heterocycles. The highest BCUT2D eigenvalue weighted by Gasteiger charge is 2.10. The molecule has 0 aliphatic rings. The van der Waals surface area contributed by atoms with E-state index in [0.717, 1.165) is 16.4 Å². The van der Waals surface area contributed by atoms with E-state index in [0.29, 0.717) is 17.9 Å². The SMILES string of the molecule is C#CCn1cnc2c(N)nc3ccccc3c21. The maximum Gasteiger partial charge on any atom is 0.152 e. The summed E-state index contributed by atoms with van der Waals surface area (Å²) in [5, 5.41) is 1.02. The summed E-state index contributed by atoms with van der Waals surface area (Å²) in [5.41, 5.74) is 8.41. The zero-order chi connectivity index (χ0) is 11.8. The summed E-state index contributed by atoms with van der Waals surface area (Å²) in [6, 6.07) is 7.83. The van der Waals surface area contributed by atoms with E-state index in [1.54, 1.807) is 6.33 Å². The van der Waals surface area contributed by atoms with Gasteiger partial charge in [-0.05, 0) is 6.07 Å². The Morgan fingerprint density at radius 2 is 2.18 bits per heavy atom. The number of hydrogen-bond donors (Lipinski definition) is 1. The summed E-state index contributed by atoms with van der Waals surface area (Å²) in [7, 11) is 0. The lowest BCUT2D eigenvalue weighted by molar-refractivity contribution is 0.873. The quantitative estimate of drug-likeness (QED) is 0.639. The van der Waals surface area contributed by atoms with E-state index in [1.807, 2.05) is 28.8 Å². The molecule has 3 rings (SSSR count). The van der Waals surface area contributed by atoms with Crippen molar-refractivity contribution in [3.05, 3.63) is 30.6 Å². The molecule has 2 N–H and O–H groups in total. The molecule has 0 bridgehead atoms. The maximum atomic E-state index is 5.89. The third-order valence-electron chi connectivity index (χ3n) is 2.74. The maximum absolute atomic E-state index is 5.89. The van der Waals surface area contributed by atoms with Crippen LogP contribution in [0.1, 0.15) is 0 Å². The van der Waals surface area contributed by atoms with Crippen LogP contribution >= 0.6 is 0 Å². The van der Waals surface area contributed by atoms with E-state index in [1.165, 1.54) is 0 Å². The van der Waals surface area contributed by atoms with Crippen LogP contribution < -0.4 is 5.73 Å². The number of nitrogens with two attached hydrogens (primary N) is 1. The molecular weight excluding hydrogens is 212 g/mol. The van der Waals surface area contributed by atoms with Gasteiger partial charge in [0.2, 0.25) is 0 Å². The molecule has 0 saturated heterocycles. The van der Waals surface area contributed by atoms with Gasteiger partial charge < -0.3 is 10.3 Å². The highest BCUT2D eigenvalue weighted by Crippen LogP contribution is 2.26. The lowest BCUT2D eigenvalue weighted by atomic mass is 10.2. The second kappa shape index (κ2) is 3.49. The number of anilines is 1. The van der Waals surface area contributed by atoms with Crippen LogP contribution in [-0.4, -0.2) is 14.5 Å². The fourth-order valence-electron chi connectivity index (χ4n) is 2.02. The number of fused-ring (bicyclic) bond motifs is 3. The number of pyridine rings is 1. The van der Waals surface area contributed by atoms with E-state index in [-0.39, 0.29) is 0 Å². The molecule has 17 heavy (non-hydrogen) atoms. The summed E-state index contributed by atoms with van der Waals surface area (Å²) >= 11 is 0. The van der Waals surface area contributed by atoms with Crippen molar-refractivity contribution in [1.29, 1.82) is 0 Å². The normalized spacial score (nSPS) is 10.8. The summed E-state index contributed by atoms with van der Waals surface area (Å²) in [6.45, 7) is 0.476. The second-order valence-electron chi connectivity index (χ2n) is 3.79. The van der Waals surface area contributed by atoms with Crippen molar-refractivity contribution in [2.75, 3.05) is 5.73 Å². The molecule has 0 radical (unpaired) electrons. The first-order valence-corrected chi connectivity index (χ1v) is 5.24. The van der Waals surface area contributed by atoms with Gasteiger partial charge in [-0.25, -0.2) is 9.97 Å². The molecule has 82 valence electrons. The molecule has 0 atom stereocenters. The molecule has 3 aromatic rings. The van der Waals surface area contributed by atoms with Crippen LogP contribution in [0.25, 0.3) is 21.9 Å². The molecule has 0 amide bonds. The number of nitrogen functional groups attached to an aromatic ring is 1. The molecule has 1 aromatic carbocycles. The van der Waals surface area contributed by atoms with Gasteiger partial charge in [-0.2, -0.15) is 0 Å². The fourth-order valence-corrected chi connectivity index (χ4v) is 2.02. The number of aromatic nitrogens is 3. The highest BCUT2D eigenvalue weighted by atomic mass is 15.1. The number of para-hydroxylation sites is 1. The molecule has 4 heteroatoms. The molecule has 0 fully saturated rings. The van der Waals surface area contributed by atoms with Crippen LogP contribution in [0.4, 0.5) is 5.82 Å². The van der Waals surface area contributed by atoms with Gasteiger partial charge in [-0.1, -0.05) is 24.1 Å². The number of nitrogens with zero attached hydrogens (tertiary/aromatic N) is 3. The van der Waals surface area contributed by atoms with Gasteiger partial charge in [0.15, 0.2) is 5.82 Å². The van der Waals surface area contributed by atoms with Crippen molar-refractivity contribution in [2.24, 2.45) is 0 Å².